The maximum absolute atomic E-state index is 10.2. The number of piperazine rings is 1. The molecule has 0 bridgehead atoms. The van der Waals surface area contributed by atoms with E-state index in [-0.39, 0.29) is 0 Å². The zero-order chi connectivity index (χ0) is 15.2. The van der Waals surface area contributed by atoms with Crippen molar-refractivity contribution in [3.63, 3.8) is 0 Å². The van der Waals surface area contributed by atoms with Gasteiger partial charge in [0.25, 0.3) is 0 Å². The van der Waals surface area contributed by atoms with Crippen LogP contribution < -0.4 is 5.32 Å². The molecule has 0 saturated carbocycles. The highest BCUT2D eigenvalue weighted by Crippen LogP contribution is 2.13. The molecule has 1 aromatic carbocycles. The van der Waals surface area contributed by atoms with Crippen molar-refractivity contribution in [3.8, 4) is 6.07 Å². The second kappa shape index (κ2) is 7.53. The summed E-state index contributed by atoms with van der Waals surface area (Å²) in [5, 5.41) is 22.3. The Labute approximate surface area is 126 Å². The molecule has 0 spiro atoms. The molecule has 2 unspecified atom stereocenters. The van der Waals surface area contributed by atoms with E-state index in [1.165, 1.54) is 0 Å². The average molecular weight is 288 g/mol. The Morgan fingerprint density at radius 1 is 1.33 bits per heavy atom. The van der Waals surface area contributed by atoms with Gasteiger partial charge in [0.05, 0.1) is 17.7 Å². The molecule has 0 amide bonds. The largest absolute Gasteiger partial charge is 0.387 e. The van der Waals surface area contributed by atoms with Crippen molar-refractivity contribution in [3.05, 3.63) is 35.4 Å². The third-order valence-corrected chi connectivity index (χ3v) is 4.12. The summed E-state index contributed by atoms with van der Waals surface area (Å²) in [5.74, 6) is 0. The number of nitrogens with zero attached hydrogens (tertiary/aromatic N) is 3. The monoisotopic (exact) mass is 288 g/mol. The lowest BCUT2D eigenvalue weighted by molar-refractivity contribution is 0.108. The fraction of sp³-hybridized carbons (Fsp3) is 0.562. The van der Waals surface area contributed by atoms with Crippen molar-refractivity contribution in [1.29, 1.82) is 5.26 Å². The fourth-order valence-electron chi connectivity index (χ4n) is 2.61. The highest BCUT2D eigenvalue weighted by molar-refractivity contribution is 5.32. The Kier molecular flexibility index (Phi) is 5.71. The Balaban J connectivity index is 1.78. The zero-order valence-corrected chi connectivity index (χ0v) is 12.8. The van der Waals surface area contributed by atoms with Gasteiger partial charge >= 0.3 is 0 Å². The maximum Gasteiger partial charge on any atom is 0.0991 e. The maximum atomic E-state index is 10.2. The van der Waals surface area contributed by atoms with Crippen molar-refractivity contribution in [2.75, 3.05) is 46.8 Å². The molecule has 5 heteroatoms. The molecule has 0 radical (unpaired) electrons. The van der Waals surface area contributed by atoms with Gasteiger partial charge in [-0.3, -0.25) is 4.90 Å². The molecule has 1 saturated heterocycles. The summed E-state index contributed by atoms with van der Waals surface area (Å²) in [4.78, 5) is 4.70. The predicted molar refractivity (Wildman–Crippen MR) is 82.9 cm³/mol. The summed E-state index contributed by atoms with van der Waals surface area (Å²) in [7, 11) is 4.29. The van der Waals surface area contributed by atoms with Crippen molar-refractivity contribution in [2.45, 2.75) is 12.1 Å². The molecule has 5 nitrogen and oxygen atoms in total. The Bertz CT molecular complexity index is 482. The topological polar surface area (TPSA) is 62.5 Å². The standard InChI is InChI=1S/C16H24N4O/c1-19-7-8-20(2)15(12-19)10-18-11-16(21)14-5-3-13(9-17)4-6-14/h3-6,15-16,18,21H,7-8,10-12H2,1-2H3. The molecule has 21 heavy (non-hydrogen) atoms. The van der Waals surface area contributed by atoms with E-state index in [1.807, 2.05) is 12.1 Å². The van der Waals surface area contributed by atoms with Crippen LogP contribution in [-0.4, -0.2) is 67.8 Å². The second-order valence-electron chi connectivity index (χ2n) is 5.80. The number of hydrogen-bond acceptors (Lipinski definition) is 5. The molecule has 2 N–H and O–H groups in total. The summed E-state index contributed by atoms with van der Waals surface area (Å²) in [6.45, 7) is 4.65. The van der Waals surface area contributed by atoms with Crippen molar-refractivity contribution in [2.24, 2.45) is 0 Å². The van der Waals surface area contributed by atoms with E-state index in [2.05, 4.69) is 35.3 Å². The average Bonchev–Trinajstić information content (AvgIpc) is 2.50. The SMILES string of the molecule is CN1CCN(C)C(CNCC(O)c2ccc(C#N)cc2)C1. The van der Waals surface area contributed by atoms with E-state index in [1.54, 1.807) is 12.1 Å². The van der Waals surface area contributed by atoms with E-state index in [9.17, 15) is 5.11 Å². The van der Waals surface area contributed by atoms with Gasteiger partial charge in [0.1, 0.15) is 0 Å². The molecule has 114 valence electrons. The zero-order valence-electron chi connectivity index (χ0n) is 12.8. The molecular weight excluding hydrogens is 264 g/mol. The summed E-state index contributed by atoms with van der Waals surface area (Å²) in [6, 6.07) is 9.66. The van der Waals surface area contributed by atoms with E-state index in [0.717, 1.165) is 31.7 Å². The van der Waals surface area contributed by atoms with Gasteiger partial charge in [0.2, 0.25) is 0 Å². The van der Waals surface area contributed by atoms with Gasteiger partial charge in [-0.1, -0.05) is 12.1 Å². The summed E-state index contributed by atoms with van der Waals surface area (Å²) in [6.07, 6.45) is -0.538. The van der Waals surface area contributed by atoms with Crippen LogP contribution in [0.25, 0.3) is 0 Å². The summed E-state index contributed by atoms with van der Waals surface area (Å²) in [5.41, 5.74) is 1.46. The van der Waals surface area contributed by atoms with Crippen LogP contribution in [0, 0.1) is 11.3 Å². The number of likely N-dealkylation sites (N-methyl/N-ethyl adjacent to an activating group) is 2. The van der Waals surface area contributed by atoms with Crippen LogP contribution in [0.15, 0.2) is 24.3 Å². The molecule has 0 aliphatic carbocycles. The van der Waals surface area contributed by atoms with Crippen LogP contribution in [0.4, 0.5) is 0 Å². The summed E-state index contributed by atoms with van der Waals surface area (Å²) >= 11 is 0. The van der Waals surface area contributed by atoms with Gasteiger partial charge in [-0.05, 0) is 31.8 Å². The van der Waals surface area contributed by atoms with Gasteiger partial charge < -0.3 is 15.3 Å². The highest BCUT2D eigenvalue weighted by Gasteiger charge is 2.21. The van der Waals surface area contributed by atoms with Crippen LogP contribution in [-0.2, 0) is 0 Å². The third kappa shape index (κ3) is 4.51. The first-order valence-electron chi connectivity index (χ1n) is 7.38. The first-order chi connectivity index (χ1) is 10.1. The van der Waals surface area contributed by atoms with E-state index in [0.29, 0.717) is 18.2 Å². The molecule has 2 atom stereocenters. The van der Waals surface area contributed by atoms with Gasteiger partial charge in [0, 0.05) is 38.8 Å². The molecule has 0 aromatic heterocycles. The van der Waals surface area contributed by atoms with Crippen molar-refractivity contribution >= 4 is 0 Å². The molecule has 1 fully saturated rings. The van der Waals surface area contributed by atoms with E-state index < -0.39 is 6.10 Å². The molecule has 1 aliphatic heterocycles. The molecular formula is C16H24N4O. The Morgan fingerprint density at radius 3 is 2.71 bits per heavy atom. The van der Waals surface area contributed by atoms with Gasteiger partial charge in [0.15, 0.2) is 0 Å². The smallest absolute Gasteiger partial charge is 0.0991 e. The molecule has 1 aliphatic rings. The number of nitriles is 1. The van der Waals surface area contributed by atoms with Gasteiger partial charge in [-0.2, -0.15) is 5.26 Å². The highest BCUT2D eigenvalue weighted by atomic mass is 16.3. The fourth-order valence-corrected chi connectivity index (χ4v) is 2.61. The molecule has 2 rings (SSSR count). The normalized spacial score (nSPS) is 21.9. The van der Waals surface area contributed by atoms with Crippen LogP contribution in [0.2, 0.25) is 0 Å². The Hall–Kier alpha value is -1.45. The third-order valence-electron chi connectivity index (χ3n) is 4.12. The number of rotatable bonds is 5. The molecule has 1 heterocycles. The minimum atomic E-state index is -0.538. The number of hydrogen-bond donors (Lipinski definition) is 2. The second-order valence-corrected chi connectivity index (χ2v) is 5.80. The number of benzene rings is 1. The lowest BCUT2D eigenvalue weighted by Crippen LogP contribution is -2.54. The minimum Gasteiger partial charge on any atom is -0.387 e. The van der Waals surface area contributed by atoms with Gasteiger partial charge in [-0.15, -0.1) is 0 Å². The van der Waals surface area contributed by atoms with Crippen LogP contribution in [0.1, 0.15) is 17.2 Å². The van der Waals surface area contributed by atoms with E-state index >= 15 is 0 Å². The van der Waals surface area contributed by atoms with Gasteiger partial charge in [-0.25, -0.2) is 0 Å². The van der Waals surface area contributed by atoms with Crippen LogP contribution in [0.3, 0.4) is 0 Å². The van der Waals surface area contributed by atoms with Crippen molar-refractivity contribution < 1.29 is 5.11 Å². The summed E-state index contributed by atoms with van der Waals surface area (Å²) < 4.78 is 0. The number of aliphatic hydroxyl groups excluding tert-OH is 1. The lowest BCUT2D eigenvalue weighted by Gasteiger charge is -2.38. The number of aliphatic hydroxyl groups is 1. The van der Waals surface area contributed by atoms with Crippen LogP contribution >= 0.6 is 0 Å². The van der Waals surface area contributed by atoms with Crippen molar-refractivity contribution in [1.82, 2.24) is 15.1 Å². The molecule has 1 aromatic rings. The number of nitrogens with one attached hydrogen (secondary N) is 1. The van der Waals surface area contributed by atoms with Crippen LogP contribution in [0.5, 0.6) is 0 Å². The van der Waals surface area contributed by atoms with E-state index in [4.69, 9.17) is 5.26 Å². The first kappa shape index (κ1) is 15.9. The predicted octanol–water partition coefficient (Wildman–Crippen LogP) is 0.427. The minimum absolute atomic E-state index is 0.483. The Morgan fingerprint density at radius 2 is 2.05 bits per heavy atom. The first-order valence-corrected chi connectivity index (χ1v) is 7.38. The lowest BCUT2D eigenvalue weighted by atomic mass is 10.1. The quantitative estimate of drug-likeness (QED) is 0.822.